The van der Waals surface area contributed by atoms with E-state index in [-0.39, 0.29) is 6.04 Å². The van der Waals surface area contributed by atoms with Crippen molar-refractivity contribution in [3.63, 3.8) is 0 Å². The molecule has 4 heteroatoms. The molecule has 1 aliphatic carbocycles. The average molecular weight is 761 g/mol. The molecule has 0 spiro atoms. The van der Waals surface area contributed by atoms with Crippen LogP contribution < -0.4 is 9.80 Å². The highest BCUT2D eigenvalue weighted by Gasteiger charge is 2.41. The van der Waals surface area contributed by atoms with Gasteiger partial charge in [0.15, 0.2) is 0 Å². The minimum atomic E-state index is 0.0526. The van der Waals surface area contributed by atoms with Crippen molar-refractivity contribution in [1.82, 2.24) is 0 Å². The molecule has 3 heterocycles. The Morgan fingerprint density at radius 1 is 0.500 bits per heavy atom. The molecule has 12 rings (SSSR count). The number of rotatable bonds is 6. The van der Waals surface area contributed by atoms with E-state index in [1.807, 2.05) is 11.3 Å². The summed E-state index contributed by atoms with van der Waals surface area (Å²) in [6.07, 6.45) is 5.57. The molecule has 8 aromatic carbocycles. The average Bonchev–Trinajstić information content (AvgIpc) is 3.95. The fraction of sp³-hybridized carbons (Fsp3) is 0.0370. The molecule has 0 saturated carbocycles. The van der Waals surface area contributed by atoms with Crippen molar-refractivity contribution in [3.05, 3.63) is 211 Å². The summed E-state index contributed by atoms with van der Waals surface area (Å²) >= 11 is 1.87. The van der Waals surface area contributed by atoms with Gasteiger partial charge in [-0.1, -0.05) is 140 Å². The Hall–Kier alpha value is -7.14. The maximum Gasteiger partial charge on any atom is 0.138 e. The summed E-state index contributed by atoms with van der Waals surface area (Å²) in [5, 5.41) is 4.92. The van der Waals surface area contributed by atoms with Crippen LogP contribution in [0, 0.1) is 0 Å². The van der Waals surface area contributed by atoms with E-state index in [4.69, 9.17) is 4.42 Å². The molecule has 10 aromatic rings. The number of fused-ring (bicyclic) bond motifs is 9. The molecule has 1 aliphatic heterocycles. The van der Waals surface area contributed by atoms with Gasteiger partial charge >= 0.3 is 0 Å². The zero-order valence-corrected chi connectivity index (χ0v) is 32.4. The van der Waals surface area contributed by atoms with Crippen LogP contribution in [-0.4, -0.2) is 6.04 Å². The molecule has 3 nitrogen and oxygen atoms in total. The SMILES string of the molecule is C1=C2c3c(cc4oc5ccccc5c4c3-c3ccc(-c4ccccc4)cc3)N(c3ccccc3)C2CC(N(c2ccccc2)c2ccc3c(c2)sc2ccccc23)=C1. The molecular weight excluding hydrogens is 725 g/mol. The minimum absolute atomic E-state index is 0.0526. The van der Waals surface area contributed by atoms with Gasteiger partial charge in [0.25, 0.3) is 0 Å². The van der Waals surface area contributed by atoms with Gasteiger partial charge in [-0.25, -0.2) is 0 Å². The predicted octanol–water partition coefficient (Wildman–Crippen LogP) is 15.3. The molecule has 0 saturated heterocycles. The third kappa shape index (κ3) is 5.19. The van der Waals surface area contributed by atoms with Gasteiger partial charge in [-0.2, -0.15) is 0 Å². The highest BCUT2D eigenvalue weighted by Crippen LogP contribution is 2.56. The van der Waals surface area contributed by atoms with E-state index in [1.54, 1.807) is 0 Å². The second-order valence-electron chi connectivity index (χ2n) is 15.2. The van der Waals surface area contributed by atoms with Crippen molar-refractivity contribution in [2.45, 2.75) is 12.5 Å². The number of anilines is 4. The summed E-state index contributed by atoms with van der Waals surface area (Å²) in [7, 11) is 0. The third-order valence-electron chi connectivity index (χ3n) is 12.0. The Morgan fingerprint density at radius 2 is 1.16 bits per heavy atom. The van der Waals surface area contributed by atoms with Crippen LogP contribution >= 0.6 is 11.3 Å². The van der Waals surface area contributed by atoms with E-state index < -0.39 is 0 Å². The van der Waals surface area contributed by atoms with Crippen LogP contribution in [0.2, 0.25) is 0 Å². The first kappa shape index (κ1) is 33.0. The van der Waals surface area contributed by atoms with Gasteiger partial charge in [-0.05, 0) is 76.9 Å². The summed E-state index contributed by atoms with van der Waals surface area (Å²) in [5.74, 6) is 0. The van der Waals surface area contributed by atoms with Gasteiger partial charge in [-0.15, -0.1) is 11.3 Å². The lowest BCUT2D eigenvalue weighted by Gasteiger charge is -2.35. The smallest absolute Gasteiger partial charge is 0.138 e. The molecule has 274 valence electrons. The molecule has 2 aliphatic rings. The third-order valence-corrected chi connectivity index (χ3v) is 13.1. The van der Waals surface area contributed by atoms with Crippen molar-refractivity contribution in [3.8, 4) is 22.3 Å². The van der Waals surface area contributed by atoms with Gasteiger partial charge in [-0.3, -0.25) is 0 Å². The Kier molecular flexibility index (Phi) is 7.54. The van der Waals surface area contributed by atoms with Gasteiger partial charge in [0.2, 0.25) is 0 Å². The number of nitrogens with zero attached hydrogens (tertiary/aromatic N) is 2. The summed E-state index contributed by atoms with van der Waals surface area (Å²) in [4.78, 5) is 5.02. The Bertz CT molecular complexity index is 3250. The van der Waals surface area contributed by atoms with Crippen LogP contribution in [0.4, 0.5) is 22.7 Å². The second kappa shape index (κ2) is 13.2. The monoisotopic (exact) mass is 760 g/mol. The standard InChI is InChI=1S/C54H36N2OS/c1-4-14-35(15-5-1)36-24-26-37(27-25-36)52-53-44-31-29-40(55(38-16-6-2-7-17-38)41-28-30-43-42-20-11-13-23-50(42)58-51(43)33-41)32-46(44)56(39-18-8-3-9-19-39)47(53)34-49-54(52)45-21-10-12-22-48(45)57-49/h1-31,33-34,46H,32H2. The van der Waals surface area contributed by atoms with E-state index in [0.717, 1.165) is 39.7 Å². The van der Waals surface area contributed by atoms with Crippen LogP contribution in [0.5, 0.6) is 0 Å². The van der Waals surface area contributed by atoms with Crippen LogP contribution in [0.15, 0.2) is 210 Å². The normalized spacial score (nSPS) is 14.8. The largest absolute Gasteiger partial charge is 0.456 e. The van der Waals surface area contributed by atoms with E-state index in [2.05, 4.69) is 210 Å². The number of allylic oxidation sites excluding steroid dienone is 2. The first-order chi connectivity index (χ1) is 28.8. The van der Waals surface area contributed by atoms with Crippen LogP contribution in [-0.2, 0) is 0 Å². The van der Waals surface area contributed by atoms with Crippen LogP contribution in [0.1, 0.15) is 12.0 Å². The van der Waals surface area contributed by atoms with E-state index in [0.29, 0.717) is 0 Å². The maximum absolute atomic E-state index is 6.74. The van der Waals surface area contributed by atoms with E-state index in [9.17, 15) is 0 Å². The molecule has 0 N–H and O–H groups in total. The Balaban J connectivity index is 1.08. The van der Waals surface area contributed by atoms with Gasteiger partial charge in [0.05, 0.1) is 11.7 Å². The highest BCUT2D eigenvalue weighted by molar-refractivity contribution is 7.25. The molecule has 0 fully saturated rings. The van der Waals surface area contributed by atoms with Crippen molar-refractivity contribution < 1.29 is 4.42 Å². The van der Waals surface area contributed by atoms with Crippen molar-refractivity contribution in [2.24, 2.45) is 0 Å². The molecule has 0 radical (unpaired) electrons. The summed E-state index contributed by atoms with van der Waals surface area (Å²) in [5.41, 5.74) is 15.1. The quantitative estimate of drug-likeness (QED) is 0.168. The molecule has 0 amide bonds. The lowest BCUT2D eigenvalue weighted by molar-refractivity contribution is 0.669. The number of hydrogen-bond donors (Lipinski definition) is 0. The van der Waals surface area contributed by atoms with Crippen molar-refractivity contribution in [1.29, 1.82) is 0 Å². The zero-order chi connectivity index (χ0) is 38.2. The zero-order valence-electron chi connectivity index (χ0n) is 31.5. The summed E-state index contributed by atoms with van der Waals surface area (Å²) in [6, 6.07) is 68.0. The number of thiophene rings is 1. The fourth-order valence-electron chi connectivity index (χ4n) is 9.41. The predicted molar refractivity (Wildman–Crippen MR) is 246 cm³/mol. The van der Waals surface area contributed by atoms with Crippen LogP contribution in [0.25, 0.3) is 69.9 Å². The van der Waals surface area contributed by atoms with Gasteiger partial charge < -0.3 is 14.2 Å². The number of benzene rings is 8. The van der Waals surface area contributed by atoms with Crippen molar-refractivity contribution in [2.75, 3.05) is 9.80 Å². The number of para-hydroxylation sites is 3. The van der Waals surface area contributed by atoms with Gasteiger partial charge in [0.1, 0.15) is 11.2 Å². The van der Waals surface area contributed by atoms with Crippen LogP contribution in [0.3, 0.4) is 0 Å². The Morgan fingerprint density at radius 3 is 1.97 bits per heavy atom. The molecule has 58 heavy (non-hydrogen) atoms. The summed E-state index contributed by atoms with van der Waals surface area (Å²) < 4.78 is 9.35. The first-order valence-corrected chi connectivity index (χ1v) is 20.7. The second-order valence-corrected chi connectivity index (χ2v) is 16.3. The van der Waals surface area contributed by atoms with Gasteiger partial charge in [0, 0.05) is 77.3 Å². The molecule has 2 aromatic heterocycles. The lowest BCUT2D eigenvalue weighted by Crippen LogP contribution is -2.31. The minimum Gasteiger partial charge on any atom is -0.456 e. The number of furan rings is 1. The maximum atomic E-state index is 6.74. The highest BCUT2D eigenvalue weighted by atomic mass is 32.1. The first-order valence-electron chi connectivity index (χ1n) is 19.9. The summed E-state index contributed by atoms with van der Waals surface area (Å²) in [6.45, 7) is 0. The number of hydrogen-bond acceptors (Lipinski definition) is 4. The molecule has 1 unspecified atom stereocenters. The topological polar surface area (TPSA) is 19.6 Å². The van der Waals surface area contributed by atoms with E-state index >= 15 is 0 Å². The lowest BCUT2D eigenvalue weighted by atomic mass is 9.86. The molecule has 1 atom stereocenters. The van der Waals surface area contributed by atoms with E-state index in [1.165, 1.54) is 70.6 Å². The fourth-order valence-corrected chi connectivity index (χ4v) is 10.5. The molecular formula is C54H36N2OS. The Labute approximate surface area is 340 Å². The van der Waals surface area contributed by atoms with Crippen molar-refractivity contribution >= 4 is 81.8 Å². The molecule has 0 bridgehead atoms.